The maximum Gasteiger partial charge on any atom is 0.230 e. The molecule has 5 nitrogen and oxygen atoms in total. The zero-order valence-corrected chi connectivity index (χ0v) is 13.5. The molecule has 1 N–H and O–H groups in total. The Hall–Kier alpha value is -1.47. The largest absolute Gasteiger partial charge is 0.302 e. The first-order valence-electron chi connectivity index (χ1n) is 6.74. The van der Waals surface area contributed by atoms with Crippen molar-refractivity contribution in [3.8, 4) is 0 Å². The van der Waals surface area contributed by atoms with E-state index in [0.29, 0.717) is 11.6 Å². The lowest BCUT2D eigenvalue weighted by Gasteiger charge is -2.06. The van der Waals surface area contributed by atoms with Gasteiger partial charge in [-0.25, -0.2) is 13.4 Å². The Morgan fingerprint density at radius 3 is 2.67 bits per heavy atom. The molecule has 1 aliphatic rings. The van der Waals surface area contributed by atoms with Gasteiger partial charge in [-0.15, -0.1) is 0 Å². The van der Waals surface area contributed by atoms with Gasteiger partial charge < -0.3 is 5.32 Å². The second kappa shape index (κ2) is 5.06. The molecule has 0 saturated carbocycles. The zero-order chi connectivity index (χ0) is 15.2. The molecule has 1 aliphatic heterocycles. The number of carbonyl (C=O) groups is 1. The number of sulfone groups is 1. The summed E-state index contributed by atoms with van der Waals surface area (Å²) >= 11 is 1.43. The van der Waals surface area contributed by atoms with Gasteiger partial charge in [-0.05, 0) is 31.4 Å². The number of anilines is 1. The number of aryl methyl sites for hydroxylation is 2. The Kier molecular flexibility index (Phi) is 3.49. The first-order chi connectivity index (χ1) is 9.85. The van der Waals surface area contributed by atoms with Crippen LogP contribution in [0.4, 0.5) is 5.13 Å². The summed E-state index contributed by atoms with van der Waals surface area (Å²) in [6.45, 7) is 3.99. The van der Waals surface area contributed by atoms with E-state index in [2.05, 4.69) is 10.3 Å². The van der Waals surface area contributed by atoms with E-state index in [0.717, 1.165) is 21.3 Å². The third-order valence-corrected chi connectivity index (χ3v) is 6.65. The molecule has 7 heteroatoms. The van der Waals surface area contributed by atoms with Crippen LogP contribution in [-0.2, 0) is 14.6 Å². The third kappa shape index (κ3) is 2.80. The molecule has 0 aliphatic carbocycles. The first kappa shape index (κ1) is 14.5. The Balaban J connectivity index is 1.84. The maximum absolute atomic E-state index is 12.1. The summed E-state index contributed by atoms with van der Waals surface area (Å²) in [5.41, 5.74) is 3.09. The first-order valence-corrected chi connectivity index (χ1v) is 9.37. The molecular weight excluding hydrogens is 308 g/mol. The van der Waals surface area contributed by atoms with Gasteiger partial charge in [0.2, 0.25) is 5.91 Å². The van der Waals surface area contributed by atoms with Crippen molar-refractivity contribution < 1.29 is 13.2 Å². The molecule has 112 valence electrons. The molecule has 1 aromatic heterocycles. The highest BCUT2D eigenvalue weighted by Crippen LogP contribution is 2.31. The number of nitrogens with zero attached hydrogens (tertiary/aromatic N) is 1. The fourth-order valence-corrected chi connectivity index (χ4v) is 5.28. The number of fused-ring (bicyclic) bond motifs is 1. The second-order valence-corrected chi connectivity index (χ2v) is 8.71. The molecule has 0 radical (unpaired) electrons. The van der Waals surface area contributed by atoms with Crippen LogP contribution in [0.3, 0.4) is 0 Å². The van der Waals surface area contributed by atoms with Crippen molar-refractivity contribution in [2.45, 2.75) is 20.3 Å². The minimum atomic E-state index is -3.05. The van der Waals surface area contributed by atoms with Gasteiger partial charge in [0.05, 0.1) is 27.6 Å². The van der Waals surface area contributed by atoms with E-state index in [-0.39, 0.29) is 17.4 Å². The van der Waals surface area contributed by atoms with E-state index in [4.69, 9.17) is 0 Å². The van der Waals surface area contributed by atoms with Gasteiger partial charge in [0.25, 0.3) is 0 Å². The number of hydrogen-bond donors (Lipinski definition) is 1. The highest BCUT2D eigenvalue weighted by molar-refractivity contribution is 7.91. The van der Waals surface area contributed by atoms with Gasteiger partial charge in [0.15, 0.2) is 15.0 Å². The Bertz CT molecular complexity index is 785. The minimum Gasteiger partial charge on any atom is -0.302 e. The second-order valence-electron chi connectivity index (χ2n) is 5.49. The minimum absolute atomic E-state index is 0.0538. The van der Waals surface area contributed by atoms with Crippen molar-refractivity contribution in [3.63, 3.8) is 0 Å². The van der Waals surface area contributed by atoms with E-state index in [1.54, 1.807) is 0 Å². The van der Waals surface area contributed by atoms with Gasteiger partial charge in [0.1, 0.15) is 0 Å². The van der Waals surface area contributed by atoms with Crippen molar-refractivity contribution in [3.05, 3.63) is 23.3 Å². The van der Waals surface area contributed by atoms with Crippen LogP contribution in [0.5, 0.6) is 0 Å². The van der Waals surface area contributed by atoms with Gasteiger partial charge in [-0.2, -0.15) is 0 Å². The summed E-state index contributed by atoms with van der Waals surface area (Å²) in [5.74, 6) is -0.653. The predicted octanol–water partition coefficient (Wildman–Crippen LogP) is 2.29. The summed E-state index contributed by atoms with van der Waals surface area (Å²) < 4.78 is 23.9. The lowest BCUT2D eigenvalue weighted by atomic mass is 10.1. The number of amides is 1. The fourth-order valence-electron chi connectivity index (χ4n) is 2.52. The lowest BCUT2D eigenvalue weighted by Crippen LogP contribution is -2.23. The number of thiazole rings is 1. The summed E-state index contributed by atoms with van der Waals surface area (Å²) in [7, 11) is -3.05. The van der Waals surface area contributed by atoms with Crippen LogP contribution in [0.15, 0.2) is 12.1 Å². The number of hydrogen-bond acceptors (Lipinski definition) is 5. The third-order valence-electron chi connectivity index (χ3n) is 3.78. The molecule has 1 atom stereocenters. The average Bonchev–Trinajstić information content (AvgIpc) is 2.98. The van der Waals surface area contributed by atoms with Crippen LogP contribution in [0.25, 0.3) is 10.2 Å². The number of aromatic nitrogens is 1. The van der Waals surface area contributed by atoms with Crippen LogP contribution < -0.4 is 5.32 Å². The topological polar surface area (TPSA) is 76.1 Å². The van der Waals surface area contributed by atoms with E-state index in [1.807, 2.05) is 26.0 Å². The number of nitrogens with one attached hydrogen (secondary N) is 1. The number of rotatable bonds is 2. The molecule has 0 bridgehead atoms. The van der Waals surface area contributed by atoms with Gasteiger partial charge in [0, 0.05) is 0 Å². The van der Waals surface area contributed by atoms with Gasteiger partial charge in [-0.3, -0.25) is 4.79 Å². The van der Waals surface area contributed by atoms with Crippen LogP contribution >= 0.6 is 11.3 Å². The molecule has 1 fully saturated rings. The summed E-state index contributed by atoms with van der Waals surface area (Å²) in [4.78, 5) is 16.6. The van der Waals surface area contributed by atoms with Gasteiger partial charge >= 0.3 is 0 Å². The van der Waals surface area contributed by atoms with E-state index >= 15 is 0 Å². The molecule has 2 heterocycles. The molecule has 0 spiro atoms. The molecule has 0 unspecified atom stereocenters. The molecular formula is C14H16N2O3S2. The molecule has 21 heavy (non-hydrogen) atoms. The molecule has 1 amide bonds. The smallest absolute Gasteiger partial charge is 0.230 e. The highest BCUT2D eigenvalue weighted by Gasteiger charge is 2.33. The van der Waals surface area contributed by atoms with Crippen LogP contribution in [-0.4, -0.2) is 30.8 Å². The average molecular weight is 324 g/mol. The Morgan fingerprint density at radius 1 is 1.33 bits per heavy atom. The molecule has 3 rings (SSSR count). The Labute approximate surface area is 127 Å². The SMILES string of the molecule is Cc1ccc(C)c2sc(NC(=O)[C@@H]3CCS(=O)(=O)C3)nc12. The normalized spacial score (nSPS) is 20.8. The van der Waals surface area contributed by atoms with Crippen molar-refractivity contribution in [2.24, 2.45) is 5.92 Å². The maximum atomic E-state index is 12.1. The predicted molar refractivity (Wildman–Crippen MR) is 84.5 cm³/mol. The van der Waals surface area contributed by atoms with Crippen molar-refractivity contribution in [1.29, 1.82) is 0 Å². The number of benzene rings is 1. The van der Waals surface area contributed by atoms with Crippen LogP contribution in [0.1, 0.15) is 17.5 Å². The zero-order valence-electron chi connectivity index (χ0n) is 11.8. The lowest BCUT2D eigenvalue weighted by molar-refractivity contribution is -0.119. The summed E-state index contributed by atoms with van der Waals surface area (Å²) in [5, 5.41) is 3.31. The van der Waals surface area contributed by atoms with Crippen LogP contribution in [0, 0.1) is 19.8 Å². The fraction of sp³-hybridized carbons (Fsp3) is 0.429. The Morgan fingerprint density at radius 2 is 2.05 bits per heavy atom. The van der Waals surface area contributed by atoms with Crippen molar-refractivity contribution in [2.75, 3.05) is 16.8 Å². The quantitative estimate of drug-likeness (QED) is 0.919. The van der Waals surface area contributed by atoms with E-state index < -0.39 is 15.8 Å². The standard InChI is InChI=1S/C14H16N2O3S2/c1-8-3-4-9(2)12-11(8)15-14(20-12)16-13(17)10-5-6-21(18,19)7-10/h3-4,10H,5-7H2,1-2H3,(H,15,16,17)/t10-/m1/s1. The monoisotopic (exact) mass is 324 g/mol. The summed E-state index contributed by atoms with van der Waals surface area (Å²) in [6.07, 6.45) is 0.400. The molecule has 1 aromatic carbocycles. The summed E-state index contributed by atoms with van der Waals surface area (Å²) in [6, 6.07) is 4.04. The van der Waals surface area contributed by atoms with Crippen molar-refractivity contribution >= 4 is 42.4 Å². The van der Waals surface area contributed by atoms with Crippen LogP contribution in [0.2, 0.25) is 0 Å². The molecule has 1 saturated heterocycles. The molecule has 2 aromatic rings. The number of carbonyl (C=O) groups excluding carboxylic acids is 1. The van der Waals surface area contributed by atoms with Gasteiger partial charge in [-0.1, -0.05) is 23.5 Å². The van der Waals surface area contributed by atoms with E-state index in [1.165, 1.54) is 11.3 Å². The van der Waals surface area contributed by atoms with E-state index in [9.17, 15) is 13.2 Å². The highest BCUT2D eigenvalue weighted by atomic mass is 32.2. The van der Waals surface area contributed by atoms with Crippen molar-refractivity contribution in [1.82, 2.24) is 4.98 Å².